The molecule has 0 aliphatic rings. The maximum absolute atomic E-state index is 12.6. The predicted molar refractivity (Wildman–Crippen MR) is 98.3 cm³/mol. The molecule has 0 bridgehead atoms. The smallest absolute Gasteiger partial charge is 0.408 e. The van der Waals surface area contributed by atoms with Crippen molar-refractivity contribution in [3.63, 3.8) is 0 Å². The summed E-state index contributed by atoms with van der Waals surface area (Å²) < 4.78 is 39.0. The number of aryl methyl sites for hydroxylation is 1. The molecule has 10 nitrogen and oxygen atoms in total. The zero-order valence-electron chi connectivity index (χ0n) is 14.7. The summed E-state index contributed by atoms with van der Waals surface area (Å²) >= 11 is 0. The van der Waals surface area contributed by atoms with E-state index in [9.17, 15) is 13.2 Å². The molecule has 3 aromatic heterocycles. The van der Waals surface area contributed by atoms with Crippen molar-refractivity contribution < 1.29 is 17.4 Å². The molecule has 144 valence electrons. The maximum Gasteiger partial charge on any atom is 0.420 e. The average molecular weight is 401 g/mol. The minimum Gasteiger partial charge on any atom is -0.408 e. The number of hydrogen-bond donors (Lipinski definition) is 1. The molecule has 1 aromatic carbocycles. The van der Waals surface area contributed by atoms with Gasteiger partial charge in [0.15, 0.2) is 11.4 Å². The van der Waals surface area contributed by atoms with Crippen LogP contribution >= 0.6 is 0 Å². The van der Waals surface area contributed by atoms with Crippen molar-refractivity contribution >= 4 is 26.9 Å². The van der Waals surface area contributed by atoms with Crippen LogP contribution in [0.15, 0.2) is 61.2 Å². The van der Waals surface area contributed by atoms with Crippen molar-refractivity contribution in [3.05, 3.63) is 64.9 Å². The van der Waals surface area contributed by atoms with Gasteiger partial charge in [-0.15, -0.1) is 0 Å². The first kappa shape index (κ1) is 17.9. The second-order valence-corrected chi connectivity index (χ2v) is 7.54. The maximum atomic E-state index is 12.6. The normalized spacial score (nSPS) is 11.8. The Hall–Kier alpha value is -3.47. The lowest BCUT2D eigenvalue weighted by Gasteiger charge is -2.07. The van der Waals surface area contributed by atoms with E-state index in [4.69, 9.17) is 8.94 Å². The number of oxazole rings is 1. The molecule has 3 heterocycles. The minimum absolute atomic E-state index is 0.0492. The van der Waals surface area contributed by atoms with Gasteiger partial charge < -0.3 is 8.94 Å². The predicted octanol–water partition coefficient (Wildman–Crippen LogP) is 1.78. The molecule has 0 unspecified atom stereocenters. The Kier molecular flexibility index (Phi) is 4.43. The fourth-order valence-corrected chi connectivity index (χ4v) is 3.65. The van der Waals surface area contributed by atoms with Gasteiger partial charge in [-0.25, -0.2) is 18.2 Å². The third-order valence-electron chi connectivity index (χ3n) is 3.97. The summed E-state index contributed by atoms with van der Waals surface area (Å²) in [6, 6.07) is 9.03. The highest BCUT2D eigenvalue weighted by molar-refractivity contribution is 7.92. The molecule has 0 saturated heterocycles. The minimum atomic E-state index is -3.89. The van der Waals surface area contributed by atoms with E-state index in [1.54, 1.807) is 12.1 Å². The number of fused-ring (bicyclic) bond motifs is 1. The van der Waals surface area contributed by atoms with Crippen molar-refractivity contribution in [3.8, 4) is 0 Å². The van der Waals surface area contributed by atoms with Crippen LogP contribution < -0.4 is 10.5 Å². The first-order chi connectivity index (χ1) is 13.5. The largest absolute Gasteiger partial charge is 0.420 e. The fourth-order valence-electron chi connectivity index (χ4n) is 2.62. The van der Waals surface area contributed by atoms with E-state index in [-0.39, 0.29) is 22.8 Å². The molecule has 11 heteroatoms. The highest BCUT2D eigenvalue weighted by atomic mass is 32.2. The summed E-state index contributed by atoms with van der Waals surface area (Å²) in [7, 11) is -3.89. The van der Waals surface area contributed by atoms with Gasteiger partial charge in [0.2, 0.25) is 5.89 Å². The van der Waals surface area contributed by atoms with Gasteiger partial charge in [-0.2, -0.15) is 4.98 Å². The van der Waals surface area contributed by atoms with Crippen LogP contribution in [-0.2, 0) is 23.0 Å². The molecule has 1 N–H and O–H groups in total. The van der Waals surface area contributed by atoms with Gasteiger partial charge in [0.1, 0.15) is 5.82 Å². The van der Waals surface area contributed by atoms with Crippen LogP contribution in [0.4, 0.5) is 5.82 Å². The standard InChI is InChI=1S/C17H15N5O5S/c1-2-16-19-15(20-27-16)10-22-12-7-6-11(9-13(12)26-17(22)23)28(24,25)21-14-5-3-4-8-18-14/h3-9H,2,10H2,1H3,(H,18,21). The Morgan fingerprint density at radius 1 is 1.21 bits per heavy atom. The summed E-state index contributed by atoms with van der Waals surface area (Å²) in [6.45, 7) is 1.92. The van der Waals surface area contributed by atoms with Crippen molar-refractivity contribution in [1.29, 1.82) is 0 Å². The van der Waals surface area contributed by atoms with Gasteiger partial charge >= 0.3 is 5.76 Å². The molecule has 28 heavy (non-hydrogen) atoms. The molecule has 4 aromatic rings. The Bertz CT molecular complexity index is 1290. The summed E-state index contributed by atoms with van der Waals surface area (Å²) in [5, 5.41) is 3.81. The van der Waals surface area contributed by atoms with Gasteiger partial charge in [-0.3, -0.25) is 9.29 Å². The van der Waals surface area contributed by atoms with Crippen LogP contribution in [0.2, 0.25) is 0 Å². The van der Waals surface area contributed by atoms with Crippen molar-refractivity contribution in [2.24, 2.45) is 0 Å². The SMILES string of the molecule is CCc1nc(Cn2c(=O)oc3cc(S(=O)(=O)Nc4ccccn4)ccc32)no1. The summed E-state index contributed by atoms with van der Waals surface area (Å²) in [4.78, 5) is 20.2. The van der Waals surface area contributed by atoms with E-state index < -0.39 is 15.8 Å². The number of nitrogens with one attached hydrogen (secondary N) is 1. The van der Waals surface area contributed by atoms with Crippen LogP contribution in [0, 0.1) is 0 Å². The second-order valence-electron chi connectivity index (χ2n) is 5.86. The van der Waals surface area contributed by atoms with Crippen LogP contribution in [0.5, 0.6) is 0 Å². The molecule has 0 spiro atoms. The highest BCUT2D eigenvalue weighted by Crippen LogP contribution is 2.21. The lowest BCUT2D eigenvalue weighted by Crippen LogP contribution is -2.16. The monoisotopic (exact) mass is 401 g/mol. The Balaban J connectivity index is 1.67. The molecule has 0 saturated carbocycles. The number of rotatable bonds is 6. The van der Waals surface area contributed by atoms with E-state index in [1.165, 1.54) is 35.0 Å². The Labute approximate surface area is 158 Å². The van der Waals surface area contributed by atoms with E-state index in [0.717, 1.165) is 0 Å². The molecule has 0 fully saturated rings. The second kappa shape index (κ2) is 6.93. The van der Waals surface area contributed by atoms with Crippen LogP contribution in [-0.4, -0.2) is 28.1 Å². The van der Waals surface area contributed by atoms with E-state index in [1.807, 2.05) is 6.92 Å². The van der Waals surface area contributed by atoms with Gasteiger partial charge in [0, 0.05) is 18.7 Å². The van der Waals surface area contributed by atoms with Crippen molar-refractivity contribution in [1.82, 2.24) is 19.7 Å². The van der Waals surface area contributed by atoms with Gasteiger partial charge in [-0.1, -0.05) is 18.1 Å². The zero-order valence-corrected chi connectivity index (χ0v) is 15.5. The number of hydrogen-bond acceptors (Lipinski definition) is 8. The third kappa shape index (κ3) is 3.39. The third-order valence-corrected chi connectivity index (χ3v) is 5.32. The molecule has 0 aliphatic carbocycles. The Morgan fingerprint density at radius 3 is 2.79 bits per heavy atom. The zero-order chi connectivity index (χ0) is 19.7. The molecule has 0 amide bonds. The lowest BCUT2D eigenvalue weighted by molar-refractivity contribution is 0.375. The van der Waals surface area contributed by atoms with Crippen molar-refractivity contribution in [2.75, 3.05) is 4.72 Å². The quantitative estimate of drug-likeness (QED) is 0.517. The van der Waals surface area contributed by atoms with E-state index in [2.05, 4.69) is 19.8 Å². The van der Waals surface area contributed by atoms with Crippen molar-refractivity contribution in [2.45, 2.75) is 24.8 Å². The van der Waals surface area contributed by atoms with Gasteiger partial charge in [-0.05, 0) is 24.3 Å². The molecule has 0 radical (unpaired) electrons. The summed E-state index contributed by atoms with van der Waals surface area (Å²) in [6.07, 6.45) is 2.06. The Morgan fingerprint density at radius 2 is 2.07 bits per heavy atom. The number of anilines is 1. The lowest BCUT2D eigenvalue weighted by atomic mass is 10.3. The number of aromatic nitrogens is 4. The highest BCUT2D eigenvalue weighted by Gasteiger charge is 2.19. The van der Waals surface area contributed by atoms with Crippen LogP contribution in [0.3, 0.4) is 0 Å². The fraction of sp³-hybridized carbons (Fsp3) is 0.176. The van der Waals surface area contributed by atoms with Gasteiger partial charge in [0.25, 0.3) is 10.0 Å². The molecular weight excluding hydrogens is 386 g/mol. The van der Waals surface area contributed by atoms with Gasteiger partial charge in [0.05, 0.1) is 17.0 Å². The van der Waals surface area contributed by atoms with Crippen LogP contribution in [0.25, 0.3) is 11.1 Å². The molecule has 0 atom stereocenters. The first-order valence-electron chi connectivity index (χ1n) is 8.35. The average Bonchev–Trinajstić information content (AvgIpc) is 3.26. The number of nitrogens with zero attached hydrogens (tertiary/aromatic N) is 4. The molecule has 4 rings (SSSR count). The summed E-state index contributed by atoms with van der Waals surface area (Å²) in [5.74, 6) is 0.329. The number of pyridine rings is 1. The number of benzene rings is 1. The molecule has 0 aliphatic heterocycles. The summed E-state index contributed by atoms with van der Waals surface area (Å²) in [5.41, 5.74) is 0.553. The topological polar surface area (TPSA) is 133 Å². The molecular formula is C17H15N5O5S. The van der Waals surface area contributed by atoms with E-state index >= 15 is 0 Å². The number of sulfonamides is 1. The van der Waals surface area contributed by atoms with Crippen LogP contribution in [0.1, 0.15) is 18.6 Å². The first-order valence-corrected chi connectivity index (χ1v) is 9.83. The van der Waals surface area contributed by atoms with E-state index in [0.29, 0.717) is 23.7 Å².